The van der Waals surface area contributed by atoms with E-state index in [1.807, 2.05) is 0 Å². The zero-order valence-corrected chi connectivity index (χ0v) is 13.3. The first-order valence-electron chi connectivity index (χ1n) is 8.35. The number of carbonyl (C=O) groups excluding carboxylic acids is 1. The van der Waals surface area contributed by atoms with Crippen LogP contribution in [-0.2, 0) is 4.79 Å². The highest BCUT2D eigenvalue weighted by Crippen LogP contribution is 2.34. The van der Waals surface area contributed by atoms with Crippen molar-refractivity contribution < 1.29 is 4.79 Å². The first-order chi connectivity index (χ1) is 9.34. The molecule has 2 aliphatic carbocycles. The summed E-state index contributed by atoms with van der Waals surface area (Å²) in [6.45, 7) is 2.62. The second kappa shape index (κ2) is 7.65. The summed E-state index contributed by atoms with van der Waals surface area (Å²) in [6, 6.07) is 0.565. The summed E-state index contributed by atoms with van der Waals surface area (Å²) >= 11 is 0. The average molecular weight is 301 g/mol. The normalized spacial score (nSPS) is 27.4. The molecule has 20 heavy (non-hydrogen) atoms. The summed E-state index contributed by atoms with van der Waals surface area (Å²) in [4.78, 5) is 14.6. The molecule has 3 nitrogen and oxygen atoms in total. The van der Waals surface area contributed by atoms with E-state index in [4.69, 9.17) is 0 Å². The molecular weight excluding hydrogens is 272 g/mol. The molecule has 0 aromatic heterocycles. The molecule has 2 saturated carbocycles. The van der Waals surface area contributed by atoms with E-state index in [0.717, 1.165) is 24.9 Å². The molecule has 0 aromatic rings. The molecule has 1 atom stereocenters. The van der Waals surface area contributed by atoms with Gasteiger partial charge >= 0.3 is 0 Å². The fourth-order valence-corrected chi connectivity index (χ4v) is 3.92. The van der Waals surface area contributed by atoms with E-state index in [-0.39, 0.29) is 12.4 Å². The van der Waals surface area contributed by atoms with Crippen LogP contribution in [-0.4, -0.2) is 36.5 Å². The van der Waals surface area contributed by atoms with Crippen LogP contribution in [0.2, 0.25) is 0 Å². The van der Waals surface area contributed by atoms with E-state index in [0.29, 0.717) is 18.5 Å². The Kier molecular flexibility index (Phi) is 6.16. The number of nitrogens with one attached hydrogen (secondary N) is 1. The fraction of sp³-hybridized carbons (Fsp3) is 0.938. The first-order valence-corrected chi connectivity index (χ1v) is 8.35. The van der Waals surface area contributed by atoms with Crippen LogP contribution in [0.4, 0.5) is 0 Å². The van der Waals surface area contributed by atoms with E-state index in [1.165, 1.54) is 57.8 Å². The Morgan fingerprint density at radius 1 is 1.00 bits per heavy atom. The van der Waals surface area contributed by atoms with Crippen molar-refractivity contribution in [2.45, 2.75) is 63.8 Å². The Bertz CT molecular complexity index is 314. The summed E-state index contributed by atoms with van der Waals surface area (Å²) in [5, 5.41) is 3.36. The topological polar surface area (TPSA) is 32.3 Å². The van der Waals surface area contributed by atoms with Gasteiger partial charge in [-0.1, -0.05) is 19.3 Å². The van der Waals surface area contributed by atoms with Gasteiger partial charge in [0.1, 0.15) is 0 Å². The van der Waals surface area contributed by atoms with Gasteiger partial charge in [-0.15, -0.1) is 12.4 Å². The van der Waals surface area contributed by atoms with Crippen LogP contribution < -0.4 is 5.32 Å². The Morgan fingerprint density at radius 3 is 2.45 bits per heavy atom. The second-order valence-corrected chi connectivity index (χ2v) is 6.77. The SMILES string of the molecule is Cl.O=C(CNCC1CC1)N1CCCC1C1CCCCC1. The lowest BCUT2D eigenvalue weighted by atomic mass is 9.83. The van der Waals surface area contributed by atoms with E-state index >= 15 is 0 Å². The predicted molar refractivity (Wildman–Crippen MR) is 84.2 cm³/mol. The third-order valence-electron chi connectivity index (χ3n) is 5.22. The van der Waals surface area contributed by atoms with Gasteiger partial charge in [0, 0.05) is 12.6 Å². The molecule has 116 valence electrons. The molecule has 0 spiro atoms. The van der Waals surface area contributed by atoms with Crippen LogP contribution in [0.5, 0.6) is 0 Å². The highest BCUT2D eigenvalue weighted by Gasteiger charge is 2.34. The minimum atomic E-state index is 0. The molecule has 1 N–H and O–H groups in total. The van der Waals surface area contributed by atoms with Gasteiger partial charge in [0.15, 0.2) is 0 Å². The number of rotatable bonds is 5. The number of amides is 1. The lowest BCUT2D eigenvalue weighted by Gasteiger charge is -2.34. The quantitative estimate of drug-likeness (QED) is 0.846. The van der Waals surface area contributed by atoms with E-state index in [2.05, 4.69) is 10.2 Å². The maximum Gasteiger partial charge on any atom is 0.236 e. The summed E-state index contributed by atoms with van der Waals surface area (Å²) in [5.74, 6) is 2.01. The summed E-state index contributed by atoms with van der Waals surface area (Å²) in [5.41, 5.74) is 0. The minimum Gasteiger partial charge on any atom is -0.338 e. The minimum absolute atomic E-state index is 0. The second-order valence-electron chi connectivity index (χ2n) is 6.77. The van der Waals surface area contributed by atoms with Crippen molar-refractivity contribution in [3.63, 3.8) is 0 Å². The van der Waals surface area contributed by atoms with Crippen molar-refractivity contribution in [1.82, 2.24) is 10.2 Å². The lowest BCUT2D eigenvalue weighted by Crippen LogP contribution is -2.44. The molecule has 3 aliphatic rings. The highest BCUT2D eigenvalue weighted by molar-refractivity contribution is 5.85. The fourth-order valence-electron chi connectivity index (χ4n) is 3.92. The van der Waals surface area contributed by atoms with Crippen LogP contribution in [0.1, 0.15) is 57.8 Å². The van der Waals surface area contributed by atoms with E-state index in [1.54, 1.807) is 0 Å². The Labute approximate surface area is 129 Å². The van der Waals surface area contributed by atoms with Gasteiger partial charge in [0.2, 0.25) is 5.91 Å². The Hall–Kier alpha value is -0.280. The zero-order chi connectivity index (χ0) is 13.1. The summed E-state index contributed by atoms with van der Waals surface area (Å²) in [6.07, 6.45) is 12.0. The number of likely N-dealkylation sites (tertiary alicyclic amines) is 1. The monoisotopic (exact) mass is 300 g/mol. The van der Waals surface area contributed by atoms with Crippen LogP contribution in [0.3, 0.4) is 0 Å². The van der Waals surface area contributed by atoms with Gasteiger partial charge in [-0.05, 0) is 56.9 Å². The van der Waals surface area contributed by atoms with Gasteiger partial charge in [0.05, 0.1) is 6.54 Å². The zero-order valence-electron chi connectivity index (χ0n) is 12.5. The Balaban J connectivity index is 0.00000147. The van der Waals surface area contributed by atoms with Gasteiger partial charge in [-0.2, -0.15) is 0 Å². The molecular formula is C16H29ClN2O. The first kappa shape index (κ1) is 16.1. The molecule has 0 aromatic carbocycles. The average Bonchev–Trinajstić information content (AvgIpc) is 3.13. The van der Waals surface area contributed by atoms with Crippen LogP contribution in [0.25, 0.3) is 0 Å². The number of hydrogen-bond donors (Lipinski definition) is 1. The van der Waals surface area contributed by atoms with Gasteiger partial charge < -0.3 is 10.2 Å². The van der Waals surface area contributed by atoms with Crippen molar-refractivity contribution >= 4 is 18.3 Å². The van der Waals surface area contributed by atoms with Crippen LogP contribution >= 0.6 is 12.4 Å². The van der Waals surface area contributed by atoms with Crippen molar-refractivity contribution in [3.8, 4) is 0 Å². The van der Waals surface area contributed by atoms with E-state index in [9.17, 15) is 4.79 Å². The highest BCUT2D eigenvalue weighted by atomic mass is 35.5. The molecule has 1 unspecified atom stereocenters. The molecule has 3 fully saturated rings. The largest absolute Gasteiger partial charge is 0.338 e. The maximum atomic E-state index is 12.4. The number of carbonyl (C=O) groups is 1. The van der Waals surface area contributed by atoms with Crippen LogP contribution in [0, 0.1) is 11.8 Å². The smallest absolute Gasteiger partial charge is 0.236 e. The molecule has 1 aliphatic heterocycles. The lowest BCUT2D eigenvalue weighted by molar-refractivity contribution is -0.132. The number of halogens is 1. The molecule has 0 radical (unpaired) electrons. The van der Waals surface area contributed by atoms with Gasteiger partial charge in [-0.25, -0.2) is 0 Å². The summed E-state index contributed by atoms with van der Waals surface area (Å²) < 4.78 is 0. The third kappa shape index (κ3) is 4.11. The van der Waals surface area contributed by atoms with Gasteiger partial charge in [-0.3, -0.25) is 4.79 Å². The van der Waals surface area contributed by atoms with Crippen molar-refractivity contribution in [2.24, 2.45) is 11.8 Å². The van der Waals surface area contributed by atoms with Crippen molar-refractivity contribution in [3.05, 3.63) is 0 Å². The summed E-state index contributed by atoms with van der Waals surface area (Å²) in [7, 11) is 0. The van der Waals surface area contributed by atoms with Gasteiger partial charge in [0.25, 0.3) is 0 Å². The Morgan fingerprint density at radius 2 is 1.75 bits per heavy atom. The predicted octanol–water partition coefficient (Wildman–Crippen LogP) is 2.98. The number of hydrogen-bond acceptors (Lipinski definition) is 2. The molecule has 1 saturated heterocycles. The molecule has 0 bridgehead atoms. The molecule has 4 heteroatoms. The third-order valence-corrected chi connectivity index (χ3v) is 5.22. The number of nitrogens with zero attached hydrogens (tertiary/aromatic N) is 1. The van der Waals surface area contributed by atoms with E-state index < -0.39 is 0 Å². The molecule has 3 rings (SSSR count). The standard InChI is InChI=1S/C16H28N2O.ClH/c19-16(12-17-11-13-8-9-13)18-10-4-7-15(18)14-5-2-1-3-6-14;/h13-15,17H,1-12H2;1H. The molecule has 1 heterocycles. The molecule has 1 amide bonds. The van der Waals surface area contributed by atoms with Crippen molar-refractivity contribution in [2.75, 3.05) is 19.6 Å². The van der Waals surface area contributed by atoms with Crippen molar-refractivity contribution in [1.29, 1.82) is 0 Å². The van der Waals surface area contributed by atoms with Crippen LogP contribution in [0.15, 0.2) is 0 Å². The maximum absolute atomic E-state index is 12.4.